The van der Waals surface area contributed by atoms with Crippen LogP contribution in [-0.4, -0.2) is 0 Å². The van der Waals surface area contributed by atoms with Crippen LogP contribution in [0.3, 0.4) is 0 Å². The second-order valence-electron chi connectivity index (χ2n) is 6.57. The van der Waals surface area contributed by atoms with E-state index >= 15 is 0 Å². The van der Waals surface area contributed by atoms with E-state index in [1.165, 1.54) is 50.3 Å². The number of benzene rings is 4. The third-order valence-corrected chi connectivity index (χ3v) is 10.0. The summed E-state index contributed by atoms with van der Waals surface area (Å²) < 4.78 is 0. The topological polar surface area (TPSA) is 0 Å². The van der Waals surface area contributed by atoms with Gasteiger partial charge in [0.05, 0.1) is 0 Å². The third kappa shape index (κ3) is 2.82. The van der Waals surface area contributed by atoms with Gasteiger partial charge in [-0.25, -0.2) is 0 Å². The fourth-order valence-corrected chi connectivity index (χ4v) is 8.31. The average Bonchev–Trinajstić information content (AvgIpc) is 2.75. The van der Waals surface area contributed by atoms with E-state index in [1.54, 1.807) is 0 Å². The van der Waals surface area contributed by atoms with E-state index in [1.807, 2.05) is 47.0 Å². The van der Waals surface area contributed by atoms with Gasteiger partial charge >= 0.3 is 0 Å². The molecule has 0 N–H and O–H groups in total. The van der Waals surface area contributed by atoms with Crippen molar-refractivity contribution in [3.8, 4) is 11.1 Å². The molecule has 0 radical (unpaired) electrons. The molecule has 0 bridgehead atoms. The monoisotopic (exact) mass is 430 g/mol. The Balaban J connectivity index is 1.50. The molecule has 0 saturated carbocycles. The maximum atomic E-state index is 2.28. The standard InChI is InChI=1S/C24H14S4/c1-3-11-19-17(9-1)25-21-13-5-7-15(23(21)27-19)16-8-6-14-22-24(16)28-20-12-4-2-10-18(20)26-22/h1-14H. The van der Waals surface area contributed by atoms with Crippen LogP contribution in [0.15, 0.2) is 124 Å². The molecule has 2 aliphatic rings. The van der Waals surface area contributed by atoms with Gasteiger partial charge in [-0.15, -0.1) is 0 Å². The minimum atomic E-state index is 1.34. The first kappa shape index (κ1) is 17.2. The highest BCUT2D eigenvalue weighted by atomic mass is 32.2. The molecule has 2 heterocycles. The lowest BCUT2D eigenvalue weighted by molar-refractivity contribution is 1.13. The first-order valence-electron chi connectivity index (χ1n) is 9.03. The SMILES string of the molecule is c1ccc2c(c1)Sc1cccc(-c3cccc4c3Sc3ccccc3S4)c1S2. The second-order valence-corrected chi connectivity index (χ2v) is 10.8. The van der Waals surface area contributed by atoms with Crippen molar-refractivity contribution >= 4 is 47.0 Å². The predicted molar refractivity (Wildman–Crippen MR) is 121 cm³/mol. The Labute approximate surface area is 181 Å². The fourth-order valence-electron chi connectivity index (χ4n) is 3.52. The molecule has 0 atom stereocenters. The van der Waals surface area contributed by atoms with Crippen LogP contribution in [0.1, 0.15) is 0 Å². The van der Waals surface area contributed by atoms with Crippen molar-refractivity contribution in [2.45, 2.75) is 39.2 Å². The summed E-state index contributed by atoms with van der Waals surface area (Å²) in [5, 5.41) is 0. The van der Waals surface area contributed by atoms with Gasteiger partial charge in [0.1, 0.15) is 0 Å². The Morgan fingerprint density at radius 1 is 0.321 bits per heavy atom. The molecule has 2 aliphatic heterocycles. The van der Waals surface area contributed by atoms with Crippen LogP contribution in [0, 0.1) is 0 Å². The van der Waals surface area contributed by atoms with Crippen molar-refractivity contribution < 1.29 is 0 Å². The zero-order valence-corrected chi connectivity index (χ0v) is 18.0. The summed E-state index contributed by atoms with van der Waals surface area (Å²) in [4.78, 5) is 10.9. The van der Waals surface area contributed by atoms with Gasteiger partial charge in [-0.2, -0.15) is 0 Å². The normalized spacial score (nSPS) is 13.9. The summed E-state index contributed by atoms with van der Waals surface area (Å²) in [6.45, 7) is 0. The van der Waals surface area contributed by atoms with Crippen LogP contribution in [0.2, 0.25) is 0 Å². The zero-order valence-electron chi connectivity index (χ0n) is 14.7. The smallest absolute Gasteiger partial charge is 0.0341 e. The Morgan fingerprint density at radius 2 is 0.679 bits per heavy atom. The van der Waals surface area contributed by atoms with Gasteiger partial charge < -0.3 is 0 Å². The quantitative estimate of drug-likeness (QED) is 0.256. The Bertz CT molecular complexity index is 1130. The van der Waals surface area contributed by atoms with Crippen molar-refractivity contribution in [3.05, 3.63) is 84.9 Å². The number of fused-ring (bicyclic) bond motifs is 4. The van der Waals surface area contributed by atoms with E-state index in [2.05, 4.69) is 84.9 Å². The molecule has 28 heavy (non-hydrogen) atoms. The van der Waals surface area contributed by atoms with Crippen LogP contribution in [0.4, 0.5) is 0 Å². The van der Waals surface area contributed by atoms with E-state index in [0.29, 0.717) is 0 Å². The summed E-state index contributed by atoms with van der Waals surface area (Å²) in [6.07, 6.45) is 0. The molecule has 6 rings (SSSR count). The minimum Gasteiger partial charge on any atom is -0.0877 e. The highest BCUT2D eigenvalue weighted by Gasteiger charge is 2.24. The van der Waals surface area contributed by atoms with E-state index in [-0.39, 0.29) is 0 Å². The van der Waals surface area contributed by atoms with Crippen LogP contribution < -0.4 is 0 Å². The lowest BCUT2D eigenvalue weighted by Gasteiger charge is -2.24. The summed E-state index contributed by atoms with van der Waals surface area (Å²) in [6, 6.07) is 30.9. The molecule has 4 aromatic carbocycles. The van der Waals surface area contributed by atoms with E-state index in [4.69, 9.17) is 0 Å². The minimum absolute atomic E-state index is 1.34. The number of rotatable bonds is 1. The van der Waals surface area contributed by atoms with Gasteiger partial charge in [0.25, 0.3) is 0 Å². The number of hydrogen-bond donors (Lipinski definition) is 0. The fraction of sp³-hybridized carbons (Fsp3) is 0. The highest BCUT2D eigenvalue weighted by Crippen LogP contribution is 2.55. The maximum absolute atomic E-state index is 2.28. The molecule has 0 aliphatic carbocycles. The summed E-state index contributed by atoms with van der Waals surface area (Å²) in [5.41, 5.74) is 2.68. The molecule has 0 nitrogen and oxygen atoms in total. The van der Waals surface area contributed by atoms with Crippen molar-refractivity contribution in [3.63, 3.8) is 0 Å². The molecule has 4 aromatic rings. The van der Waals surface area contributed by atoms with Crippen molar-refractivity contribution in [2.24, 2.45) is 0 Å². The van der Waals surface area contributed by atoms with Crippen molar-refractivity contribution in [2.75, 3.05) is 0 Å². The van der Waals surface area contributed by atoms with Gasteiger partial charge in [-0.05, 0) is 47.5 Å². The van der Waals surface area contributed by atoms with Gasteiger partial charge in [-0.3, -0.25) is 0 Å². The van der Waals surface area contributed by atoms with Gasteiger partial charge in [0.15, 0.2) is 0 Å². The van der Waals surface area contributed by atoms with E-state index < -0.39 is 0 Å². The highest BCUT2D eigenvalue weighted by molar-refractivity contribution is 8.05. The molecule has 0 aromatic heterocycles. The average molecular weight is 431 g/mol. The van der Waals surface area contributed by atoms with Crippen LogP contribution in [-0.2, 0) is 0 Å². The van der Waals surface area contributed by atoms with Crippen molar-refractivity contribution in [1.82, 2.24) is 0 Å². The molecule has 4 heteroatoms. The Hall–Kier alpha value is -1.72. The predicted octanol–water partition coefficient (Wildman–Crippen LogP) is 8.59. The van der Waals surface area contributed by atoms with Crippen LogP contribution >= 0.6 is 47.0 Å². The van der Waals surface area contributed by atoms with Gasteiger partial charge in [-0.1, -0.05) is 95.6 Å². The molecule has 0 spiro atoms. The lowest BCUT2D eigenvalue weighted by atomic mass is 10.1. The van der Waals surface area contributed by atoms with Gasteiger partial charge in [0, 0.05) is 39.2 Å². The van der Waals surface area contributed by atoms with E-state index in [9.17, 15) is 0 Å². The summed E-state index contributed by atoms with van der Waals surface area (Å²) in [7, 11) is 0. The largest absolute Gasteiger partial charge is 0.0877 e. The maximum Gasteiger partial charge on any atom is 0.0341 e. The molecule has 0 saturated heterocycles. The molecule has 0 amide bonds. The Morgan fingerprint density at radius 3 is 1.11 bits per heavy atom. The lowest BCUT2D eigenvalue weighted by Crippen LogP contribution is -1.96. The summed E-state index contributed by atoms with van der Waals surface area (Å²) >= 11 is 7.58. The van der Waals surface area contributed by atoms with E-state index in [0.717, 1.165) is 0 Å². The Kier molecular flexibility index (Phi) is 4.27. The first-order valence-corrected chi connectivity index (χ1v) is 12.3. The molecular formula is C24H14S4. The van der Waals surface area contributed by atoms with Crippen molar-refractivity contribution in [1.29, 1.82) is 0 Å². The number of hydrogen-bond acceptors (Lipinski definition) is 4. The van der Waals surface area contributed by atoms with Crippen LogP contribution in [0.5, 0.6) is 0 Å². The van der Waals surface area contributed by atoms with Gasteiger partial charge in [0.2, 0.25) is 0 Å². The summed E-state index contributed by atoms with van der Waals surface area (Å²) in [5.74, 6) is 0. The third-order valence-electron chi connectivity index (χ3n) is 4.81. The zero-order chi connectivity index (χ0) is 18.5. The molecule has 134 valence electrons. The molecule has 0 fully saturated rings. The molecule has 0 unspecified atom stereocenters. The second kappa shape index (κ2) is 6.96. The molecular weight excluding hydrogens is 417 g/mol. The van der Waals surface area contributed by atoms with Crippen LogP contribution in [0.25, 0.3) is 11.1 Å². The first-order chi connectivity index (χ1) is 13.9.